The Morgan fingerprint density at radius 3 is 2.17 bits per heavy atom. The van der Waals surface area contributed by atoms with Crippen molar-refractivity contribution in [1.29, 1.82) is 0 Å². The van der Waals surface area contributed by atoms with Crippen molar-refractivity contribution < 1.29 is 0 Å². The van der Waals surface area contributed by atoms with E-state index in [-0.39, 0.29) is 12.3 Å². The van der Waals surface area contributed by atoms with Crippen LogP contribution < -0.4 is 20.6 Å². The third-order valence-corrected chi connectivity index (χ3v) is 12.2. The van der Waals surface area contributed by atoms with Crippen molar-refractivity contribution in [2.45, 2.75) is 19.3 Å². The molecule has 4 heteroatoms. The molecule has 4 heterocycles. The normalized spacial score (nSPS) is 15.1. The van der Waals surface area contributed by atoms with E-state index in [1.54, 1.807) is 0 Å². The standard InChI is InChI=1S/C43H29BN2S/c1-43(2)31-18-7-9-22-35(31)45-37-25-26-13-3-4-14-27(26)39-30-16-5-8-21-34(30)46(44(40(37)39)33-20-12-19-32(43)41(33)45)36-23-11-17-29-28-15-6-10-24-38(28)47-42(29)36/h3-25H,1-2H3. The van der Waals surface area contributed by atoms with Crippen molar-refractivity contribution in [2.75, 3.05) is 9.71 Å². The van der Waals surface area contributed by atoms with E-state index in [9.17, 15) is 0 Å². The third kappa shape index (κ3) is 3.17. The van der Waals surface area contributed by atoms with Gasteiger partial charge in [-0.2, -0.15) is 0 Å². The number of nitrogens with zero attached hydrogens (tertiary/aromatic N) is 2. The van der Waals surface area contributed by atoms with Crippen LogP contribution in [0.5, 0.6) is 0 Å². The lowest BCUT2D eigenvalue weighted by Gasteiger charge is -2.50. The average molecular weight is 617 g/mol. The molecule has 0 aliphatic carbocycles. The molecule has 0 amide bonds. The van der Waals surface area contributed by atoms with Crippen molar-refractivity contribution in [3.63, 3.8) is 0 Å². The molecule has 0 atom stereocenters. The first kappa shape index (κ1) is 25.8. The van der Waals surface area contributed by atoms with E-state index in [0.29, 0.717) is 0 Å². The number of hydrogen-bond donors (Lipinski definition) is 0. The predicted octanol–water partition coefficient (Wildman–Crippen LogP) is 10.6. The SMILES string of the molecule is CC1(C)c2ccccc2N2c3cc4ccccc4c4c3B(c3cccc1c32)N(c1cccc2c1sc1ccccc12)c1ccccc1-4. The summed E-state index contributed by atoms with van der Waals surface area (Å²) in [4.78, 5) is 5.27. The molecule has 0 unspecified atom stereocenters. The van der Waals surface area contributed by atoms with E-state index < -0.39 is 0 Å². The summed E-state index contributed by atoms with van der Waals surface area (Å²) in [5.74, 6) is 0. The van der Waals surface area contributed by atoms with E-state index in [1.807, 2.05) is 11.3 Å². The molecule has 0 saturated heterocycles. The molecule has 11 rings (SSSR count). The fourth-order valence-corrected chi connectivity index (χ4v) is 10.2. The summed E-state index contributed by atoms with van der Waals surface area (Å²) in [6, 6.07) is 52.4. The van der Waals surface area contributed by atoms with Crippen LogP contribution >= 0.6 is 11.3 Å². The summed E-state index contributed by atoms with van der Waals surface area (Å²) in [7, 11) is 0. The monoisotopic (exact) mass is 616 g/mol. The lowest BCUT2D eigenvalue weighted by molar-refractivity contribution is 0.632. The maximum Gasteiger partial charge on any atom is 0.333 e. The molecule has 0 saturated carbocycles. The molecule has 1 aromatic heterocycles. The van der Waals surface area contributed by atoms with Gasteiger partial charge in [-0.1, -0.05) is 123 Å². The van der Waals surface area contributed by atoms with Crippen LogP contribution in [0.4, 0.5) is 28.4 Å². The first-order chi connectivity index (χ1) is 23.1. The molecule has 7 aromatic carbocycles. The van der Waals surface area contributed by atoms with Gasteiger partial charge in [-0.15, -0.1) is 11.3 Å². The second kappa shape index (κ2) is 8.93. The Labute approximate surface area is 278 Å². The van der Waals surface area contributed by atoms with E-state index in [2.05, 4.69) is 163 Å². The van der Waals surface area contributed by atoms with Crippen LogP contribution in [0.15, 0.2) is 140 Å². The summed E-state index contributed by atoms with van der Waals surface area (Å²) >= 11 is 1.91. The molecule has 220 valence electrons. The first-order valence-electron chi connectivity index (χ1n) is 16.5. The topological polar surface area (TPSA) is 6.48 Å². The summed E-state index contributed by atoms with van der Waals surface area (Å²) in [6.45, 7) is 4.79. The summed E-state index contributed by atoms with van der Waals surface area (Å²) < 4.78 is 2.67. The zero-order valence-corrected chi connectivity index (χ0v) is 27.0. The van der Waals surface area contributed by atoms with Crippen molar-refractivity contribution in [2.24, 2.45) is 0 Å². The largest absolute Gasteiger partial charge is 0.375 e. The number of anilines is 5. The highest BCUT2D eigenvalue weighted by atomic mass is 32.1. The maximum absolute atomic E-state index is 2.67. The van der Waals surface area contributed by atoms with E-state index in [0.717, 1.165) is 0 Å². The number of thiophene rings is 1. The fraction of sp³-hybridized carbons (Fsp3) is 0.0698. The van der Waals surface area contributed by atoms with Crippen molar-refractivity contribution in [1.82, 2.24) is 0 Å². The Morgan fingerprint density at radius 1 is 0.574 bits per heavy atom. The van der Waals surface area contributed by atoms with Crippen LogP contribution in [0.25, 0.3) is 42.1 Å². The van der Waals surface area contributed by atoms with Gasteiger partial charge in [-0.3, -0.25) is 0 Å². The predicted molar refractivity (Wildman–Crippen MR) is 203 cm³/mol. The molecule has 47 heavy (non-hydrogen) atoms. The van der Waals surface area contributed by atoms with Crippen LogP contribution in [-0.4, -0.2) is 6.85 Å². The first-order valence-corrected chi connectivity index (χ1v) is 17.3. The number of fused-ring (bicyclic) bond motifs is 11. The van der Waals surface area contributed by atoms with Crippen LogP contribution in [-0.2, 0) is 5.41 Å². The maximum atomic E-state index is 2.67. The van der Waals surface area contributed by atoms with Crippen LogP contribution in [0.1, 0.15) is 25.0 Å². The van der Waals surface area contributed by atoms with Gasteiger partial charge in [0, 0.05) is 49.2 Å². The number of benzene rings is 7. The highest BCUT2D eigenvalue weighted by Gasteiger charge is 2.49. The molecule has 3 aliphatic heterocycles. The van der Waals surface area contributed by atoms with Crippen LogP contribution in [0, 0.1) is 0 Å². The molecule has 3 aliphatic rings. The number of hydrogen-bond acceptors (Lipinski definition) is 3. The minimum atomic E-state index is -0.140. The van der Waals surface area contributed by atoms with Gasteiger partial charge in [0.05, 0.1) is 10.4 Å². The van der Waals surface area contributed by atoms with Gasteiger partial charge < -0.3 is 9.71 Å². The minimum Gasteiger partial charge on any atom is -0.375 e. The van der Waals surface area contributed by atoms with Gasteiger partial charge in [-0.25, -0.2) is 0 Å². The van der Waals surface area contributed by atoms with E-state index in [4.69, 9.17) is 0 Å². The van der Waals surface area contributed by atoms with Gasteiger partial charge in [-0.05, 0) is 68.7 Å². The Balaban J connectivity index is 1.33. The Bertz CT molecular complexity index is 2650. The Kier molecular flexibility index (Phi) is 4.91. The Morgan fingerprint density at radius 2 is 1.26 bits per heavy atom. The van der Waals surface area contributed by atoms with Gasteiger partial charge in [0.15, 0.2) is 0 Å². The van der Waals surface area contributed by atoms with Gasteiger partial charge in [0.1, 0.15) is 0 Å². The third-order valence-electron chi connectivity index (χ3n) is 11.0. The molecule has 0 fully saturated rings. The van der Waals surface area contributed by atoms with Crippen molar-refractivity contribution in [3.8, 4) is 11.1 Å². The molecular formula is C43H29BN2S. The highest BCUT2D eigenvalue weighted by molar-refractivity contribution is 7.26. The van der Waals surface area contributed by atoms with Crippen molar-refractivity contribution in [3.05, 3.63) is 151 Å². The quantitative estimate of drug-likeness (QED) is 0.169. The average Bonchev–Trinajstić information content (AvgIpc) is 3.50. The summed E-state index contributed by atoms with van der Waals surface area (Å²) in [5, 5.41) is 5.25. The summed E-state index contributed by atoms with van der Waals surface area (Å²) in [6.07, 6.45) is 0. The number of rotatable bonds is 1. The van der Waals surface area contributed by atoms with Gasteiger partial charge in [0.2, 0.25) is 0 Å². The molecule has 8 aromatic rings. The van der Waals surface area contributed by atoms with Crippen LogP contribution in [0.2, 0.25) is 0 Å². The lowest BCUT2D eigenvalue weighted by atomic mass is 9.42. The van der Waals surface area contributed by atoms with Gasteiger partial charge >= 0.3 is 6.85 Å². The van der Waals surface area contributed by atoms with E-state index in [1.165, 1.54) is 92.6 Å². The molecular weight excluding hydrogens is 587 g/mol. The van der Waals surface area contributed by atoms with Gasteiger partial charge in [0.25, 0.3) is 0 Å². The van der Waals surface area contributed by atoms with Crippen molar-refractivity contribution >= 4 is 88.5 Å². The second-order valence-corrected chi connectivity index (χ2v) is 14.7. The minimum absolute atomic E-state index is 0.00239. The Hall–Kier alpha value is -5.32. The molecule has 0 spiro atoms. The number of para-hydroxylation sites is 3. The van der Waals surface area contributed by atoms with E-state index >= 15 is 0 Å². The summed E-state index contributed by atoms with van der Waals surface area (Å²) in [5.41, 5.74) is 14.5. The van der Waals surface area contributed by atoms with Crippen LogP contribution in [0.3, 0.4) is 0 Å². The molecule has 2 nitrogen and oxygen atoms in total. The zero-order valence-electron chi connectivity index (χ0n) is 26.2. The lowest BCUT2D eigenvalue weighted by Crippen LogP contribution is -2.62. The molecule has 0 N–H and O–H groups in total. The second-order valence-electron chi connectivity index (χ2n) is 13.7. The zero-order chi connectivity index (χ0) is 31.0. The highest BCUT2D eigenvalue weighted by Crippen LogP contribution is 2.56. The molecule has 0 bridgehead atoms. The molecule has 0 radical (unpaired) electrons. The fourth-order valence-electron chi connectivity index (χ4n) is 9.00. The smallest absolute Gasteiger partial charge is 0.333 e.